The maximum atomic E-state index is 12.2. The number of fused-ring (bicyclic) bond motifs is 9. The fourth-order valence-electron chi connectivity index (χ4n) is 17.3. The molecule has 0 N–H and O–H groups in total. The van der Waals surface area contributed by atoms with Gasteiger partial charge in [0.15, 0.2) is 0 Å². The van der Waals surface area contributed by atoms with Crippen LogP contribution in [0.5, 0.6) is 0 Å². The van der Waals surface area contributed by atoms with E-state index in [1.807, 2.05) is 0 Å². The number of nitrogens with zero attached hydrogens (tertiary/aromatic N) is 2. The Kier molecular flexibility index (Phi) is 24.9. The van der Waals surface area contributed by atoms with Gasteiger partial charge in [-0.2, -0.15) is 0 Å². The number of esters is 4. The van der Waals surface area contributed by atoms with Crippen LogP contribution in [0.15, 0.2) is 170 Å². The molecule has 101 heavy (non-hydrogen) atoms. The van der Waals surface area contributed by atoms with Gasteiger partial charge in [0.1, 0.15) is 26.4 Å². The molecule has 0 heterocycles. The van der Waals surface area contributed by atoms with Gasteiger partial charge in [-0.1, -0.05) is 252 Å². The van der Waals surface area contributed by atoms with E-state index >= 15 is 0 Å². The molecule has 0 aromatic heterocycles. The molecule has 0 saturated carbocycles. The van der Waals surface area contributed by atoms with Crippen LogP contribution < -0.4 is 9.80 Å². The summed E-state index contributed by atoms with van der Waals surface area (Å²) in [6, 6.07) is 65.5. The van der Waals surface area contributed by atoms with E-state index in [0.717, 1.165) is 70.4 Å². The third kappa shape index (κ3) is 16.0. The first-order valence-electron chi connectivity index (χ1n) is 38.2. The fraction of sp³-hybridized carbons (Fsp3) is 0.429. The summed E-state index contributed by atoms with van der Waals surface area (Å²) in [4.78, 5) is 53.0. The molecule has 3 aliphatic carbocycles. The highest BCUT2D eigenvalue weighted by Gasteiger charge is 2.48. The number of rotatable bonds is 38. The molecule has 10 nitrogen and oxygen atoms in total. The Morgan fingerprint density at radius 3 is 0.851 bits per heavy atom. The van der Waals surface area contributed by atoms with Crippen LogP contribution in [0.4, 0.5) is 11.4 Å². The van der Waals surface area contributed by atoms with E-state index in [4.69, 9.17) is 18.9 Å². The first-order chi connectivity index (χ1) is 49.2. The molecule has 11 rings (SSSR count). The normalized spacial score (nSPS) is 13.7. The van der Waals surface area contributed by atoms with E-state index in [2.05, 4.69) is 207 Å². The molecule has 0 radical (unpaired) electrons. The molecule has 0 fully saturated rings. The third-order valence-corrected chi connectivity index (χ3v) is 22.2. The van der Waals surface area contributed by atoms with Gasteiger partial charge >= 0.3 is 23.9 Å². The summed E-state index contributed by atoms with van der Waals surface area (Å²) < 4.78 is 22.1. The highest BCUT2D eigenvalue weighted by atomic mass is 16.5. The monoisotopic (exact) mass is 1360 g/mol. The first-order valence-corrected chi connectivity index (χ1v) is 38.2. The average molecular weight is 1360 g/mol. The lowest BCUT2D eigenvalue weighted by Crippen LogP contribution is -2.33. The molecule has 0 spiro atoms. The minimum absolute atomic E-state index is 0.0985. The number of ether oxygens (including phenoxy) is 4. The van der Waals surface area contributed by atoms with Gasteiger partial charge in [0.05, 0.1) is 31.6 Å². The maximum Gasteiger partial charge on any atom is 0.302 e. The largest absolute Gasteiger partial charge is 0.464 e. The molecule has 10 heteroatoms. The lowest BCUT2D eigenvalue weighted by molar-refractivity contribution is -0.142. The summed E-state index contributed by atoms with van der Waals surface area (Å²) in [6.45, 7) is 17.2. The van der Waals surface area contributed by atoms with Gasteiger partial charge in [-0.3, -0.25) is 19.2 Å². The quantitative estimate of drug-likeness (QED) is 0.0211. The molecule has 0 saturated heterocycles. The Hall–Kier alpha value is -8.76. The molecule has 3 aliphatic rings. The number of carbonyl (C=O) groups is 4. The first kappa shape index (κ1) is 73.5. The van der Waals surface area contributed by atoms with E-state index < -0.39 is 5.41 Å². The van der Waals surface area contributed by atoms with Gasteiger partial charge in [0.2, 0.25) is 0 Å². The van der Waals surface area contributed by atoms with Gasteiger partial charge in [0, 0.05) is 49.9 Å². The van der Waals surface area contributed by atoms with Crippen molar-refractivity contribution < 1.29 is 38.1 Å². The smallest absolute Gasteiger partial charge is 0.302 e. The van der Waals surface area contributed by atoms with Crippen molar-refractivity contribution in [1.82, 2.24) is 0 Å². The molecule has 0 bridgehead atoms. The Morgan fingerprint density at radius 2 is 0.564 bits per heavy atom. The molecule has 8 aromatic rings. The van der Waals surface area contributed by atoms with E-state index in [0.29, 0.717) is 26.2 Å². The molecule has 530 valence electrons. The van der Waals surface area contributed by atoms with Gasteiger partial charge < -0.3 is 28.7 Å². The SMILES string of the molecule is CCCCCCC1(CCCCCC)c2ccccc2-c2ccc(-c3ccc4c(c3)C(c3ccc(N(CCOC(C)=O)CCOC(C)=O)cc3)(c3ccc(N(CCOC(C)=O)CCOC(C)=O)cc3)c3cc(-c5ccc6c(c5)C(CCCCCC)(CCCCCC)c5ccccc5-6)ccc3-4)cc21. The van der Waals surface area contributed by atoms with Crippen molar-refractivity contribution >= 4 is 35.3 Å². The molecule has 0 unspecified atom stereocenters. The topological polar surface area (TPSA) is 112 Å². The zero-order valence-corrected chi connectivity index (χ0v) is 61.6. The lowest BCUT2D eigenvalue weighted by Gasteiger charge is -2.36. The van der Waals surface area contributed by atoms with Crippen LogP contribution in [-0.2, 0) is 54.4 Å². The van der Waals surface area contributed by atoms with E-state index in [1.165, 1.54) is 197 Å². The average Bonchev–Trinajstić information content (AvgIpc) is 1.56. The Labute approximate surface area is 602 Å². The second-order valence-electron chi connectivity index (χ2n) is 28.7. The van der Waals surface area contributed by atoms with E-state index in [9.17, 15) is 19.2 Å². The van der Waals surface area contributed by atoms with Crippen LogP contribution in [0.1, 0.15) is 228 Å². The summed E-state index contributed by atoms with van der Waals surface area (Å²) in [5.74, 6) is -1.42. The van der Waals surface area contributed by atoms with Crippen molar-refractivity contribution in [2.75, 3.05) is 62.4 Å². The fourth-order valence-corrected chi connectivity index (χ4v) is 17.3. The molecule has 8 aromatic carbocycles. The summed E-state index contributed by atoms with van der Waals surface area (Å²) in [7, 11) is 0. The van der Waals surface area contributed by atoms with Crippen LogP contribution in [0.25, 0.3) is 55.6 Å². The van der Waals surface area contributed by atoms with Gasteiger partial charge in [-0.05, 0) is 174 Å². The van der Waals surface area contributed by atoms with Crippen molar-refractivity contribution in [3.63, 3.8) is 0 Å². The number of carbonyl (C=O) groups excluding carboxylic acids is 4. The van der Waals surface area contributed by atoms with Crippen molar-refractivity contribution in [2.24, 2.45) is 0 Å². The molecular weight excluding hydrogens is 1250 g/mol. The predicted octanol–water partition coefficient (Wildman–Crippen LogP) is 21.7. The van der Waals surface area contributed by atoms with Gasteiger partial charge in [-0.25, -0.2) is 0 Å². The highest BCUT2D eigenvalue weighted by molar-refractivity contribution is 5.92. The Morgan fingerprint density at radius 1 is 0.297 bits per heavy atom. The minimum atomic E-state index is -0.918. The van der Waals surface area contributed by atoms with Crippen LogP contribution in [0.3, 0.4) is 0 Å². The lowest BCUT2D eigenvalue weighted by atomic mass is 9.67. The van der Waals surface area contributed by atoms with E-state index in [1.54, 1.807) is 0 Å². The maximum absolute atomic E-state index is 12.2. The number of unbranched alkanes of at least 4 members (excludes halogenated alkanes) is 12. The van der Waals surface area contributed by atoms with E-state index in [-0.39, 0.29) is 61.1 Å². The van der Waals surface area contributed by atoms with Crippen LogP contribution >= 0.6 is 0 Å². The second kappa shape index (κ2) is 34.3. The van der Waals surface area contributed by atoms with Gasteiger partial charge in [-0.15, -0.1) is 0 Å². The Balaban J connectivity index is 1.14. The minimum Gasteiger partial charge on any atom is -0.464 e. The molecular formula is C91H108N2O8. The van der Waals surface area contributed by atoms with Crippen LogP contribution in [0, 0.1) is 0 Å². The summed E-state index contributed by atoms with van der Waals surface area (Å²) in [5.41, 5.74) is 23.5. The standard InChI is InChI=1S/C91H108N2O8/c1-9-13-17-25-49-89(50-26-18-14-10-2)83-31-23-21-29-77(83)79-45-33-69(61-85(79)89)71-35-47-81-82-48-36-72(70-34-46-80-78-30-22-24-32-84(78)90(86(80)62-70,51-27-19-15-11-3)52-28-20-16-12-4)64-88(82)91(87(81)63-71,73-37-41-75(42-38-73)92(53-57-98-65(5)94)54-58-99-66(6)95)74-39-43-76(44-40-74)93(55-59-100-67(7)96)56-60-101-68(8)97/h21-24,29-48,61-64H,9-20,25-28,49-60H2,1-8H3. The van der Waals surface area contributed by atoms with Crippen molar-refractivity contribution in [2.45, 2.75) is 200 Å². The Bertz CT molecular complexity index is 3820. The zero-order valence-electron chi connectivity index (χ0n) is 61.6. The predicted molar refractivity (Wildman–Crippen MR) is 413 cm³/mol. The number of hydrogen-bond donors (Lipinski definition) is 0. The molecule has 0 atom stereocenters. The van der Waals surface area contributed by atoms with Crippen molar-refractivity contribution in [3.05, 3.63) is 214 Å². The second-order valence-corrected chi connectivity index (χ2v) is 28.7. The summed E-state index contributed by atoms with van der Waals surface area (Å²) >= 11 is 0. The number of anilines is 2. The highest BCUT2D eigenvalue weighted by Crippen LogP contribution is 2.61. The van der Waals surface area contributed by atoms with Crippen molar-refractivity contribution in [1.29, 1.82) is 0 Å². The number of benzene rings is 8. The third-order valence-electron chi connectivity index (χ3n) is 22.2. The van der Waals surface area contributed by atoms with Crippen LogP contribution in [-0.4, -0.2) is 76.5 Å². The number of hydrogen-bond acceptors (Lipinski definition) is 10. The van der Waals surface area contributed by atoms with Gasteiger partial charge in [0.25, 0.3) is 0 Å². The molecule has 0 aliphatic heterocycles. The zero-order chi connectivity index (χ0) is 70.9. The van der Waals surface area contributed by atoms with Crippen molar-refractivity contribution in [3.8, 4) is 55.6 Å². The van der Waals surface area contributed by atoms with Crippen LogP contribution in [0.2, 0.25) is 0 Å². The summed E-state index contributed by atoms with van der Waals surface area (Å²) in [6.07, 6.45) is 23.9. The molecule has 0 amide bonds. The summed E-state index contributed by atoms with van der Waals surface area (Å²) in [5, 5.41) is 0.